The van der Waals surface area contributed by atoms with E-state index in [0.717, 1.165) is 39.7 Å². The van der Waals surface area contributed by atoms with Crippen LogP contribution < -0.4 is 9.47 Å². The quantitative estimate of drug-likeness (QED) is 0.0527. The number of benzene rings is 4. The summed E-state index contributed by atoms with van der Waals surface area (Å²) in [4.78, 5) is 53.3. The minimum Gasteiger partial charge on any atom is -0.496 e. The number of ether oxygens (including phenoxy) is 5. The largest absolute Gasteiger partial charge is 0.496 e. The summed E-state index contributed by atoms with van der Waals surface area (Å²) in [5, 5.41) is 0. The zero-order valence-corrected chi connectivity index (χ0v) is 35.0. The highest BCUT2D eigenvalue weighted by Gasteiger charge is 2.30. The molecule has 11 heteroatoms. The molecule has 0 bridgehead atoms. The van der Waals surface area contributed by atoms with E-state index in [1.54, 1.807) is 14.2 Å². The number of carbonyl (C=O) groups excluding carboxylic acids is 4. The van der Waals surface area contributed by atoms with Crippen molar-refractivity contribution < 1.29 is 42.9 Å². The van der Waals surface area contributed by atoms with Gasteiger partial charge in [-0.05, 0) is 48.2 Å². The second-order valence-electron chi connectivity index (χ2n) is 13.8. The number of rotatable bonds is 24. The fourth-order valence-electron chi connectivity index (χ4n) is 6.11. The Hall–Kier alpha value is -5.88. The van der Waals surface area contributed by atoms with Crippen LogP contribution >= 0.6 is 0 Å². The van der Waals surface area contributed by atoms with Gasteiger partial charge in [-0.3, -0.25) is 14.4 Å². The van der Waals surface area contributed by atoms with Crippen LogP contribution in [0.2, 0.25) is 0 Å². The number of nitrogens with zero attached hydrogens (tertiary/aromatic N) is 2. The van der Waals surface area contributed by atoms with Crippen molar-refractivity contribution in [3.8, 4) is 11.5 Å². The number of aryl methyl sites for hydroxylation is 2. The summed E-state index contributed by atoms with van der Waals surface area (Å²) in [6, 6.07) is 29.4. The van der Waals surface area contributed by atoms with Gasteiger partial charge in [0, 0.05) is 31.1 Å². The van der Waals surface area contributed by atoms with E-state index in [4.69, 9.17) is 23.7 Å². The molecule has 0 aliphatic rings. The van der Waals surface area contributed by atoms with E-state index in [1.165, 1.54) is 29.1 Å². The van der Waals surface area contributed by atoms with Crippen LogP contribution in [0.1, 0.15) is 46.2 Å². The third-order valence-electron chi connectivity index (χ3n) is 9.22. The smallest absolute Gasteiger partial charge is 0.227 e. The summed E-state index contributed by atoms with van der Waals surface area (Å²) in [6.45, 7) is 12.5. The molecule has 2 amide bonds. The second-order valence-corrected chi connectivity index (χ2v) is 13.8. The number of aldehydes is 1. The van der Waals surface area contributed by atoms with Crippen molar-refractivity contribution in [2.45, 2.75) is 65.1 Å². The molecule has 0 aliphatic heterocycles. The van der Waals surface area contributed by atoms with Gasteiger partial charge in [-0.2, -0.15) is 0 Å². The van der Waals surface area contributed by atoms with Gasteiger partial charge in [0.05, 0.1) is 53.7 Å². The van der Waals surface area contributed by atoms with Crippen molar-refractivity contribution in [3.05, 3.63) is 156 Å². The van der Waals surface area contributed by atoms with Gasteiger partial charge in [0.1, 0.15) is 36.5 Å². The van der Waals surface area contributed by atoms with Crippen molar-refractivity contribution in [1.29, 1.82) is 0 Å². The van der Waals surface area contributed by atoms with E-state index in [1.807, 2.05) is 111 Å². The highest BCUT2D eigenvalue weighted by Crippen LogP contribution is 2.25. The molecular formula is C48H58N2O9. The number of amides is 2. The summed E-state index contributed by atoms with van der Waals surface area (Å²) in [5.41, 5.74) is 5.75. The van der Waals surface area contributed by atoms with Crippen LogP contribution in [0.15, 0.2) is 122 Å². The molecule has 0 heterocycles. The number of hydrogen-bond acceptors (Lipinski definition) is 9. The van der Waals surface area contributed by atoms with Crippen molar-refractivity contribution in [2.75, 3.05) is 41.2 Å². The standard InChI is InChI=1S/C25H31NO5.C23H27NO4/c1-5-9-25(28)26(15-21-13-12-19(2)14-24(21)30-4)22(23(27)18-29-3)17-31-16-20-10-7-6-8-11-20;1-4-8-23(26)24(14-20-12-11-18(2)13-22(20)27-3)21(15-25)17-28-16-19-9-6-5-7-10-19/h5-8,10-14,22H,1,9,15-18H2,2-4H3;4-7,9-13,15,21H,1,8,14,16-17H2,2-3H3/t22-;21-/m01/s1. The molecule has 2 atom stereocenters. The van der Waals surface area contributed by atoms with Crippen LogP contribution in [0, 0.1) is 13.8 Å². The molecular weight excluding hydrogens is 749 g/mol. The third kappa shape index (κ3) is 15.8. The van der Waals surface area contributed by atoms with Crippen LogP contribution in [0.4, 0.5) is 0 Å². The Kier molecular flexibility index (Phi) is 21.1. The summed E-state index contributed by atoms with van der Waals surface area (Å²) >= 11 is 0. The van der Waals surface area contributed by atoms with Crippen molar-refractivity contribution in [1.82, 2.24) is 9.80 Å². The van der Waals surface area contributed by atoms with Crippen LogP contribution in [-0.4, -0.2) is 86.9 Å². The van der Waals surface area contributed by atoms with E-state index < -0.39 is 12.1 Å². The van der Waals surface area contributed by atoms with Crippen LogP contribution in [-0.2, 0) is 59.7 Å². The SMILES string of the molecule is C=CCC(=O)N(Cc1ccc(C)cc1OC)[C@@H](COCc1ccccc1)C(=O)COC.C=CCC(=O)N(Cc1ccc(C)cc1OC)[C@H](C=O)COCc1ccccc1. The van der Waals surface area contributed by atoms with Gasteiger partial charge in [0.25, 0.3) is 0 Å². The molecule has 0 radical (unpaired) electrons. The maximum absolute atomic E-state index is 13.0. The van der Waals surface area contributed by atoms with Gasteiger partial charge in [-0.25, -0.2) is 0 Å². The molecule has 0 saturated heterocycles. The predicted molar refractivity (Wildman–Crippen MR) is 229 cm³/mol. The van der Waals surface area contributed by atoms with E-state index in [2.05, 4.69) is 13.2 Å². The monoisotopic (exact) mass is 806 g/mol. The third-order valence-corrected chi connectivity index (χ3v) is 9.22. The lowest BCUT2D eigenvalue weighted by atomic mass is 10.1. The Bertz CT molecular complexity index is 1930. The average Bonchev–Trinajstić information content (AvgIpc) is 3.24. The van der Waals surface area contributed by atoms with E-state index in [9.17, 15) is 19.2 Å². The maximum atomic E-state index is 13.0. The van der Waals surface area contributed by atoms with E-state index >= 15 is 0 Å². The summed E-state index contributed by atoms with van der Waals surface area (Å²) in [6.07, 6.45) is 4.09. The van der Waals surface area contributed by atoms with Crippen molar-refractivity contribution in [3.63, 3.8) is 0 Å². The lowest BCUT2D eigenvalue weighted by Crippen LogP contribution is -2.48. The van der Waals surface area contributed by atoms with Gasteiger partial charge < -0.3 is 38.3 Å². The van der Waals surface area contributed by atoms with Gasteiger partial charge in [-0.15, -0.1) is 13.2 Å². The average molecular weight is 807 g/mol. The second kappa shape index (κ2) is 26.2. The van der Waals surface area contributed by atoms with E-state index in [-0.39, 0.29) is 63.3 Å². The van der Waals surface area contributed by atoms with Crippen LogP contribution in [0.5, 0.6) is 11.5 Å². The molecule has 314 valence electrons. The zero-order chi connectivity index (χ0) is 43.0. The lowest BCUT2D eigenvalue weighted by molar-refractivity contribution is -0.144. The zero-order valence-electron chi connectivity index (χ0n) is 35.0. The minimum atomic E-state index is -0.790. The number of carbonyl (C=O) groups is 4. The maximum Gasteiger partial charge on any atom is 0.227 e. The molecule has 0 aromatic heterocycles. The predicted octanol–water partition coefficient (Wildman–Crippen LogP) is 7.40. The lowest BCUT2D eigenvalue weighted by Gasteiger charge is -2.31. The number of methoxy groups -OCH3 is 3. The molecule has 0 unspecified atom stereocenters. The van der Waals surface area contributed by atoms with E-state index in [0.29, 0.717) is 24.7 Å². The fourth-order valence-corrected chi connectivity index (χ4v) is 6.11. The van der Waals surface area contributed by atoms with Gasteiger partial charge >= 0.3 is 0 Å². The summed E-state index contributed by atoms with van der Waals surface area (Å²) in [5.74, 6) is 0.735. The number of ketones is 1. The van der Waals surface area contributed by atoms with Gasteiger partial charge in [0.2, 0.25) is 11.8 Å². The molecule has 0 spiro atoms. The van der Waals surface area contributed by atoms with Crippen molar-refractivity contribution in [2.24, 2.45) is 0 Å². The first kappa shape index (κ1) is 47.5. The minimum absolute atomic E-state index is 0.0636. The Morgan fingerprint density at radius 1 is 0.644 bits per heavy atom. The molecule has 59 heavy (non-hydrogen) atoms. The highest BCUT2D eigenvalue weighted by atomic mass is 16.5. The Labute approximate surface area is 349 Å². The molecule has 11 nitrogen and oxygen atoms in total. The van der Waals surface area contributed by atoms with Gasteiger partial charge in [-0.1, -0.05) is 97.1 Å². The first-order valence-electron chi connectivity index (χ1n) is 19.4. The number of Topliss-reactive ketones (excluding diaryl/α,β-unsaturated/α-hetero) is 1. The number of hydrogen-bond donors (Lipinski definition) is 0. The molecule has 0 aliphatic carbocycles. The topological polar surface area (TPSA) is 121 Å². The first-order chi connectivity index (χ1) is 28.6. The first-order valence-corrected chi connectivity index (χ1v) is 19.4. The fraction of sp³-hybridized carbons (Fsp3) is 0.333. The molecule has 0 fully saturated rings. The molecule has 4 rings (SSSR count). The van der Waals surface area contributed by atoms with Crippen LogP contribution in [0.3, 0.4) is 0 Å². The van der Waals surface area contributed by atoms with Gasteiger partial charge in [0.15, 0.2) is 5.78 Å². The Morgan fingerprint density at radius 2 is 1.10 bits per heavy atom. The molecule has 4 aromatic carbocycles. The van der Waals surface area contributed by atoms with Crippen LogP contribution in [0.25, 0.3) is 0 Å². The summed E-state index contributed by atoms with van der Waals surface area (Å²) < 4.78 is 27.6. The summed E-state index contributed by atoms with van der Waals surface area (Å²) in [7, 11) is 4.64. The molecule has 4 aromatic rings. The van der Waals surface area contributed by atoms with Crippen molar-refractivity contribution >= 4 is 23.9 Å². The highest BCUT2D eigenvalue weighted by molar-refractivity contribution is 5.90. The normalized spacial score (nSPS) is 11.5. The molecule has 0 saturated carbocycles. The Morgan fingerprint density at radius 3 is 1.54 bits per heavy atom. The molecule has 0 N–H and O–H groups in total. The Balaban J connectivity index is 0.000000317.